The first kappa shape index (κ1) is 7.03. The van der Waals surface area contributed by atoms with Crippen LogP contribution in [0.2, 0.25) is 19.1 Å². The molecule has 2 heteroatoms. The van der Waals surface area contributed by atoms with Crippen LogP contribution >= 0.6 is 0 Å². The number of hydrogen-bond donors (Lipinski definition) is 0. The van der Waals surface area contributed by atoms with Gasteiger partial charge in [0.15, 0.2) is 0 Å². The van der Waals surface area contributed by atoms with E-state index in [0.29, 0.717) is 0 Å². The second-order valence-electron chi connectivity index (χ2n) is 3.29. The third-order valence-electron chi connectivity index (χ3n) is 1.95. The van der Waals surface area contributed by atoms with E-state index in [9.17, 15) is 0 Å². The molecule has 9 heavy (non-hydrogen) atoms. The molecule has 0 aromatic rings. The second-order valence-corrected chi connectivity index (χ2v) is 7.96. The monoisotopic (exact) mass is 141 g/mol. The highest BCUT2D eigenvalue weighted by Gasteiger charge is 2.34. The van der Waals surface area contributed by atoms with Crippen LogP contribution in [0.5, 0.6) is 0 Å². The van der Waals surface area contributed by atoms with Crippen LogP contribution in [0.25, 0.3) is 0 Å². The Morgan fingerprint density at radius 2 is 2.11 bits per heavy atom. The van der Waals surface area contributed by atoms with Gasteiger partial charge in [0.2, 0.25) is 0 Å². The van der Waals surface area contributed by atoms with E-state index in [4.69, 9.17) is 0 Å². The maximum Gasteiger partial charge on any atom is 0.126 e. The minimum atomic E-state index is -0.954. The first-order chi connectivity index (χ1) is 4.17. The summed E-state index contributed by atoms with van der Waals surface area (Å²) in [5.41, 5.74) is 0. The molecule has 1 heterocycles. The molecular weight excluding hydrogens is 126 g/mol. The van der Waals surface area contributed by atoms with Gasteiger partial charge in [-0.25, -0.2) is 0 Å². The van der Waals surface area contributed by atoms with Crippen LogP contribution in [-0.2, 0) is 0 Å². The topological polar surface area (TPSA) is 3.01 Å². The number of allylic oxidation sites excluding steroid dienone is 1. The third-order valence-corrected chi connectivity index (χ3v) is 5.39. The maximum atomic E-state index is 3.76. The van der Waals surface area contributed by atoms with Crippen LogP contribution in [0.4, 0.5) is 0 Å². The van der Waals surface area contributed by atoms with Gasteiger partial charge in [0, 0.05) is 13.1 Å². The van der Waals surface area contributed by atoms with Gasteiger partial charge in [0.1, 0.15) is 8.24 Å². The molecule has 0 saturated carbocycles. The first-order valence-corrected chi connectivity index (χ1v) is 6.68. The third kappa shape index (κ3) is 1.66. The molecule has 0 spiro atoms. The predicted molar refractivity (Wildman–Crippen MR) is 44.1 cm³/mol. The molecule has 0 unspecified atom stereocenters. The molecule has 0 aromatic carbocycles. The summed E-state index contributed by atoms with van der Waals surface area (Å²) in [4.78, 5) is 0. The van der Waals surface area contributed by atoms with E-state index in [1.54, 1.807) is 0 Å². The molecule has 1 fully saturated rings. The zero-order valence-corrected chi connectivity index (χ0v) is 7.35. The lowest BCUT2D eigenvalue weighted by Crippen LogP contribution is -2.35. The average molecular weight is 141 g/mol. The Balaban J connectivity index is 2.38. The minimum absolute atomic E-state index is 0.954. The molecule has 0 radical (unpaired) electrons. The normalized spacial score (nSPS) is 19.8. The van der Waals surface area contributed by atoms with Gasteiger partial charge in [-0.3, -0.25) is 0 Å². The van der Waals surface area contributed by atoms with Gasteiger partial charge in [0.05, 0.1) is 0 Å². The van der Waals surface area contributed by atoms with Crippen molar-refractivity contribution in [2.45, 2.75) is 19.1 Å². The maximum absolute atomic E-state index is 3.76. The van der Waals surface area contributed by atoms with Crippen molar-refractivity contribution in [3.8, 4) is 0 Å². The van der Waals surface area contributed by atoms with Crippen LogP contribution in [-0.4, -0.2) is 25.9 Å². The Morgan fingerprint density at radius 1 is 1.56 bits per heavy atom. The van der Waals surface area contributed by atoms with Crippen molar-refractivity contribution >= 4 is 8.24 Å². The average Bonchev–Trinajstić information content (AvgIpc) is 2.41. The standard InChI is InChI=1S/C7H15NSi/c1-4-7-9(2,3)8-5-6-8/h4H,1,5-7H2,2-3H3. The SMILES string of the molecule is C=CC[Si](C)(C)N1CC1. The zero-order chi connectivity index (χ0) is 6.91. The molecule has 1 rings (SSSR count). The van der Waals surface area contributed by atoms with Crippen molar-refractivity contribution in [3.05, 3.63) is 12.7 Å². The quantitative estimate of drug-likeness (QED) is 0.328. The lowest BCUT2D eigenvalue weighted by Gasteiger charge is -2.20. The summed E-state index contributed by atoms with van der Waals surface area (Å²) in [5.74, 6) is 0. The predicted octanol–water partition coefficient (Wildman–Crippen LogP) is 1.69. The summed E-state index contributed by atoms with van der Waals surface area (Å²) in [5, 5.41) is 0. The Hall–Kier alpha value is -0.0831. The largest absolute Gasteiger partial charge is 0.321 e. The van der Waals surface area contributed by atoms with Crippen LogP contribution in [0.15, 0.2) is 12.7 Å². The summed E-state index contributed by atoms with van der Waals surface area (Å²) in [6, 6.07) is 1.24. The van der Waals surface area contributed by atoms with Crippen LogP contribution in [0.3, 0.4) is 0 Å². The molecule has 0 amide bonds. The molecule has 1 aliphatic heterocycles. The van der Waals surface area contributed by atoms with Crippen LogP contribution in [0.1, 0.15) is 0 Å². The summed E-state index contributed by atoms with van der Waals surface area (Å²) in [7, 11) is -0.954. The van der Waals surface area contributed by atoms with Crippen LogP contribution in [0, 0.1) is 0 Å². The first-order valence-electron chi connectivity index (χ1n) is 3.53. The molecule has 1 aliphatic rings. The summed E-state index contributed by atoms with van der Waals surface area (Å²) in [6.45, 7) is 11.3. The van der Waals surface area contributed by atoms with Crippen molar-refractivity contribution < 1.29 is 0 Å². The van der Waals surface area contributed by atoms with E-state index in [2.05, 4.69) is 30.3 Å². The number of hydrogen-bond acceptors (Lipinski definition) is 1. The lowest BCUT2D eigenvalue weighted by atomic mass is 10.8. The van der Waals surface area contributed by atoms with Gasteiger partial charge in [-0.05, 0) is 6.04 Å². The summed E-state index contributed by atoms with van der Waals surface area (Å²) >= 11 is 0. The fourth-order valence-corrected chi connectivity index (χ4v) is 3.41. The minimum Gasteiger partial charge on any atom is -0.321 e. The highest BCUT2D eigenvalue weighted by Crippen LogP contribution is 2.21. The number of rotatable bonds is 3. The van der Waals surface area contributed by atoms with Gasteiger partial charge in [-0.2, -0.15) is 0 Å². The molecule has 1 nitrogen and oxygen atoms in total. The lowest BCUT2D eigenvalue weighted by molar-refractivity contribution is 0.837. The van der Waals surface area contributed by atoms with Crippen LogP contribution < -0.4 is 0 Å². The molecule has 0 bridgehead atoms. The molecule has 52 valence electrons. The smallest absolute Gasteiger partial charge is 0.126 e. The summed E-state index contributed by atoms with van der Waals surface area (Å²) < 4.78 is 2.59. The Kier molecular flexibility index (Phi) is 1.77. The van der Waals surface area contributed by atoms with E-state index in [0.717, 1.165) is 0 Å². The van der Waals surface area contributed by atoms with Gasteiger partial charge >= 0.3 is 0 Å². The van der Waals surface area contributed by atoms with Crippen molar-refractivity contribution in [2.24, 2.45) is 0 Å². The van der Waals surface area contributed by atoms with E-state index in [1.807, 2.05) is 0 Å². The molecule has 0 aliphatic carbocycles. The van der Waals surface area contributed by atoms with Crippen molar-refractivity contribution in [3.63, 3.8) is 0 Å². The highest BCUT2D eigenvalue weighted by atomic mass is 28.3. The fourth-order valence-electron chi connectivity index (χ4n) is 1.14. The van der Waals surface area contributed by atoms with Gasteiger partial charge in [-0.15, -0.1) is 6.58 Å². The zero-order valence-electron chi connectivity index (χ0n) is 6.35. The molecule has 0 aromatic heterocycles. The fraction of sp³-hybridized carbons (Fsp3) is 0.714. The van der Waals surface area contributed by atoms with Crippen molar-refractivity contribution in [1.82, 2.24) is 4.57 Å². The Bertz CT molecular complexity index is 116. The molecule has 1 saturated heterocycles. The molecule has 0 atom stereocenters. The highest BCUT2D eigenvalue weighted by molar-refractivity contribution is 6.75. The Morgan fingerprint density at radius 3 is 2.44 bits per heavy atom. The second kappa shape index (κ2) is 2.27. The number of nitrogens with zero attached hydrogens (tertiary/aromatic N) is 1. The van der Waals surface area contributed by atoms with E-state index in [-0.39, 0.29) is 0 Å². The van der Waals surface area contributed by atoms with Gasteiger partial charge in [0.25, 0.3) is 0 Å². The van der Waals surface area contributed by atoms with E-state index >= 15 is 0 Å². The van der Waals surface area contributed by atoms with E-state index < -0.39 is 8.24 Å². The molecule has 0 N–H and O–H groups in total. The van der Waals surface area contributed by atoms with Crippen molar-refractivity contribution in [2.75, 3.05) is 13.1 Å². The van der Waals surface area contributed by atoms with Crippen molar-refractivity contribution in [1.29, 1.82) is 0 Å². The molecular formula is C7H15NSi. The van der Waals surface area contributed by atoms with Gasteiger partial charge in [-0.1, -0.05) is 19.2 Å². The van der Waals surface area contributed by atoms with E-state index in [1.165, 1.54) is 19.1 Å². The summed E-state index contributed by atoms with van der Waals surface area (Å²) in [6.07, 6.45) is 2.06. The van der Waals surface area contributed by atoms with Gasteiger partial charge < -0.3 is 4.57 Å². The Labute approximate surface area is 58.5 Å².